The minimum Gasteiger partial charge on any atom is -0.477 e. The molecule has 0 saturated carbocycles. The van der Waals surface area contributed by atoms with E-state index >= 15 is 0 Å². The van der Waals surface area contributed by atoms with E-state index in [0.29, 0.717) is 56.3 Å². The maximum atomic E-state index is 12.1. The first kappa shape index (κ1) is 66.1. The van der Waals surface area contributed by atoms with Gasteiger partial charge in [-0.25, -0.2) is 14.4 Å². The van der Waals surface area contributed by atoms with Gasteiger partial charge in [-0.1, -0.05) is 148 Å². The zero-order valence-corrected chi connectivity index (χ0v) is 55.7. The molecular formula is C58H58BrCl6N3O8S3Si2. The Morgan fingerprint density at radius 3 is 1.44 bits per heavy atom. The number of ether oxygens (including phenoxy) is 3. The predicted octanol–water partition coefficient (Wildman–Crippen LogP) is 20.2. The van der Waals surface area contributed by atoms with Crippen molar-refractivity contribution in [2.45, 2.75) is 89.3 Å². The fraction of sp³-hybridized carbons (Fsp3) is 0.224. The van der Waals surface area contributed by atoms with Crippen molar-refractivity contribution in [2.75, 3.05) is 20.3 Å². The largest absolute Gasteiger partial charge is 0.477 e. The van der Waals surface area contributed by atoms with Crippen LogP contribution in [-0.4, -0.2) is 78.7 Å². The third-order valence-corrected chi connectivity index (χ3v) is 19.6. The second-order valence-electron chi connectivity index (χ2n) is 20.5. The maximum absolute atomic E-state index is 12.1. The van der Waals surface area contributed by atoms with Gasteiger partial charge in [-0.2, -0.15) is 0 Å². The van der Waals surface area contributed by atoms with Crippen molar-refractivity contribution in [3.05, 3.63) is 179 Å². The lowest BCUT2D eigenvalue weighted by Crippen LogP contribution is -2.22. The van der Waals surface area contributed by atoms with Gasteiger partial charge in [-0.3, -0.25) is 0 Å². The number of methoxy groups -OCH3 is 1. The molecule has 0 amide bonds. The second-order valence-corrected chi connectivity index (χ2v) is 38.0. The number of carbonyl (C=O) groups is 3. The number of aromatic amines is 1. The average molecular weight is 1370 g/mol. The van der Waals surface area contributed by atoms with Crippen LogP contribution in [0.1, 0.15) is 31.5 Å². The van der Waals surface area contributed by atoms with E-state index in [4.69, 9.17) is 88.9 Å². The quantitative estimate of drug-likeness (QED) is 0.0301. The zero-order valence-electron chi connectivity index (χ0n) is 45.0. The van der Waals surface area contributed by atoms with E-state index in [2.05, 4.69) is 72.8 Å². The molecule has 0 radical (unpaired) electrons. The molecule has 81 heavy (non-hydrogen) atoms. The molecule has 0 bridgehead atoms. The third-order valence-electron chi connectivity index (χ3n) is 11.7. The number of rotatable bonds is 17. The summed E-state index contributed by atoms with van der Waals surface area (Å²) in [4.78, 5) is 42.5. The Labute approximate surface area is 525 Å². The van der Waals surface area contributed by atoms with Crippen molar-refractivity contribution in [3.8, 4) is 0 Å². The Bertz CT molecular complexity index is 3630. The number of aromatic carboxylic acids is 2. The number of benzene rings is 6. The highest BCUT2D eigenvalue weighted by Crippen LogP contribution is 2.39. The first-order chi connectivity index (χ1) is 38.2. The Kier molecular flexibility index (Phi) is 24.6. The second kappa shape index (κ2) is 30.2. The molecule has 11 nitrogen and oxygen atoms in total. The Hall–Kier alpha value is -4.03. The van der Waals surface area contributed by atoms with Gasteiger partial charge < -0.3 is 38.5 Å². The van der Waals surface area contributed by atoms with Crippen LogP contribution in [0.15, 0.2) is 156 Å². The van der Waals surface area contributed by atoms with Crippen LogP contribution in [0.3, 0.4) is 0 Å². The molecular weight excluding hydrogens is 1310 g/mol. The summed E-state index contributed by atoms with van der Waals surface area (Å²) in [5.41, 5.74) is 3.09. The number of nitrogens with zero attached hydrogens (tertiary/aromatic N) is 2. The van der Waals surface area contributed by atoms with Gasteiger partial charge in [-0.15, -0.1) is 12.6 Å². The molecule has 0 aliphatic carbocycles. The van der Waals surface area contributed by atoms with E-state index in [0.717, 1.165) is 73.3 Å². The van der Waals surface area contributed by atoms with Crippen molar-refractivity contribution in [1.82, 2.24) is 14.1 Å². The molecule has 6 aromatic carbocycles. The lowest BCUT2D eigenvalue weighted by atomic mass is 10.2. The van der Waals surface area contributed by atoms with Crippen LogP contribution in [-0.2, 0) is 27.7 Å². The molecule has 0 atom stereocenters. The van der Waals surface area contributed by atoms with Crippen molar-refractivity contribution in [2.24, 2.45) is 0 Å². The van der Waals surface area contributed by atoms with Crippen LogP contribution < -0.4 is 0 Å². The summed E-state index contributed by atoms with van der Waals surface area (Å²) in [6.07, 6.45) is 0. The molecule has 3 N–H and O–H groups in total. The molecule has 3 aromatic heterocycles. The van der Waals surface area contributed by atoms with E-state index in [1.165, 1.54) is 30.6 Å². The molecule has 0 aliphatic rings. The summed E-state index contributed by atoms with van der Waals surface area (Å²) in [5, 5.41) is 25.2. The first-order valence-electron chi connectivity index (χ1n) is 24.8. The van der Waals surface area contributed by atoms with Crippen LogP contribution in [0.25, 0.3) is 32.7 Å². The summed E-state index contributed by atoms with van der Waals surface area (Å²) < 4.78 is 20.8. The lowest BCUT2D eigenvalue weighted by Gasteiger charge is -2.16. The molecule has 23 heteroatoms. The number of carboxylic acids is 2. The zero-order chi connectivity index (χ0) is 59.3. The number of carboxylic acid groups (broad SMARTS) is 2. The molecule has 9 aromatic rings. The van der Waals surface area contributed by atoms with E-state index in [9.17, 15) is 19.5 Å². The van der Waals surface area contributed by atoms with E-state index in [-0.39, 0.29) is 18.1 Å². The number of halogens is 7. The number of thiol groups is 1. The third kappa shape index (κ3) is 20.1. The number of esters is 1. The number of carbonyl (C=O) groups excluding carboxylic acids is 1. The van der Waals surface area contributed by atoms with Gasteiger partial charge in [0.05, 0.1) is 18.1 Å². The standard InChI is InChI=1S/C21H23Cl2NO3SSi.C16H21BrClNO3Si.C15H9Cl2NO2S.C6H5ClS/c1-29(2,3)9-8-27-13-24-18-10-15(23)11-20(17(18)12-19(24)21(25)26)28-16-6-4-14(22)5-7-16;1-21-16(20)15-9-12-13(17)7-11(18)8-14(12)19(15)10-22-5-6-23(2,3)4;16-8-1-3-10(4-2-8)21-14-6-9(17)5-12-11(14)7-13(18-12)15(19)20;7-5-1-3-6(8)4-2-5/h4-7,10-12H,8-9,13H2,1-3H3,(H,25,26);7-9H,5-6,10H2,1-4H3;1-7,18H,(H,19,20);1-4,8H. The molecule has 0 saturated heterocycles. The number of hydrogen-bond donors (Lipinski definition) is 4. The molecule has 0 unspecified atom stereocenters. The first-order valence-corrected chi connectivity index (χ1v) is 37.4. The summed E-state index contributed by atoms with van der Waals surface area (Å²) >= 11 is 46.6. The van der Waals surface area contributed by atoms with Gasteiger partial charge in [0.25, 0.3) is 0 Å². The molecule has 0 spiro atoms. The highest BCUT2D eigenvalue weighted by Gasteiger charge is 2.22. The average Bonchev–Trinajstić information content (AvgIpc) is 4.25. The van der Waals surface area contributed by atoms with Crippen molar-refractivity contribution >= 4 is 188 Å². The summed E-state index contributed by atoms with van der Waals surface area (Å²) in [6.45, 7) is 15.5. The molecule has 0 aliphatic heterocycles. The van der Waals surface area contributed by atoms with Crippen molar-refractivity contribution in [3.63, 3.8) is 0 Å². The molecule has 0 fully saturated rings. The number of H-pyrrole nitrogens is 1. The predicted molar refractivity (Wildman–Crippen MR) is 348 cm³/mol. The van der Waals surface area contributed by atoms with Crippen LogP contribution in [0.4, 0.5) is 0 Å². The number of nitrogens with one attached hydrogen (secondary N) is 1. The minimum atomic E-state index is -1.22. The van der Waals surface area contributed by atoms with Gasteiger partial charge in [0.2, 0.25) is 0 Å². The Balaban J connectivity index is 0.000000185. The Morgan fingerprint density at radius 1 is 0.556 bits per heavy atom. The van der Waals surface area contributed by atoms with Gasteiger partial charge in [-0.05, 0) is 139 Å². The van der Waals surface area contributed by atoms with Gasteiger partial charge in [0, 0.05) is 110 Å². The summed E-state index contributed by atoms with van der Waals surface area (Å²) in [7, 11) is -0.992. The van der Waals surface area contributed by atoms with Crippen LogP contribution in [0.5, 0.6) is 0 Å². The number of fused-ring (bicyclic) bond motifs is 3. The molecule has 3 heterocycles. The van der Waals surface area contributed by atoms with E-state index < -0.39 is 34.1 Å². The van der Waals surface area contributed by atoms with Crippen LogP contribution >= 0.6 is 122 Å². The van der Waals surface area contributed by atoms with E-state index in [1.54, 1.807) is 41.0 Å². The van der Waals surface area contributed by atoms with Gasteiger partial charge >= 0.3 is 17.9 Å². The highest BCUT2D eigenvalue weighted by atomic mass is 79.9. The summed E-state index contributed by atoms with van der Waals surface area (Å²) in [6, 6.07) is 40.3. The SMILES string of the molecule is COC(=O)c1cc2c(Br)cc(Cl)cc2n1COCC[Si](C)(C)C.C[Si](C)(C)CCOCn1c(C(=O)O)cc2c(Sc3ccc(Cl)cc3)cc(Cl)cc21.O=C(O)c1cc2c(Sc3ccc(Cl)cc3)cc(Cl)cc2[nH]1.Sc1ccc(Cl)cc1. The lowest BCUT2D eigenvalue weighted by molar-refractivity contribution is 0.0545. The smallest absolute Gasteiger partial charge is 0.354 e. The Morgan fingerprint density at radius 2 is 0.988 bits per heavy atom. The van der Waals surface area contributed by atoms with Gasteiger partial charge in [0.1, 0.15) is 30.5 Å². The fourth-order valence-electron chi connectivity index (χ4n) is 7.53. The molecule has 9 rings (SSSR count). The minimum absolute atomic E-state index is 0.144. The number of hydrogen-bond acceptors (Lipinski definition) is 9. The van der Waals surface area contributed by atoms with Gasteiger partial charge in [0.15, 0.2) is 0 Å². The number of aromatic nitrogens is 3. The normalized spacial score (nSPS) is 11.4. The van der Waals surface area contributed by atoms with Crippen LogP contribution in [0.2, 0.25) is 81.5 Å². The van der Waals surface area contributed by atoms with Crippen molar-refractivity contribution < 1.29 is 38.8 Å². The maximum Gasteiger partial charge on any atom is 0.354 e. The summed E-state index contributed by atoms with van der Waals surface area (Å²) in [5.74, 6) is -2.38. The van der Waals surface area contributed by atoms with E-state index in [1.807, 2.05) is 95.6 Å². The monoisotopic (exact) mass is 1370 g/mol. The highest BCUT2D eigenvalue weighted by molar-refractivity contribution is 9.10. The van der Waals surface area contributed by atoms with Crippen LogP contribution in [0, 0.1) is 0 Å². The topological polar surface area (TPSA) is 145 Å². The molecule has 428 valence electrons. The fourth-order valence-corrected chi connectivity index (χ4v) is 13.0. The van der Waals surface area contributed by atoms with Crippen molar-refractivity contribution in [1.29, 1.82) is 0 Å².